The van der Waals surface area contributed by atoms with E-state index in [0.717, 1.165) is 6.08 Å². The van der Waals surface area contributed by atoms with E-state index in [2.05, 4.69) is 4.98 Å². The largest absolute Gasteiger partial charge is 1.00 e. The molecule has 1 rings (SSSR count). The molecule has 15 heavy (non-hydrogen) atoms. The Morgan fingerprint density at radius 1 is 1.33 bits per heavy atom. The Hall–Kier alpha value is 0.0513. The Labute approximate surface area is 127 Å². The van der Waals surface area contributed by atoms with Crippen LogP contribution in [0.1, 0.15) is 16.1 Å². The summed E-state index contributed by atoms with van der Waals surface area (Å²) >= 11 is 0. The minimum atomic E-state index is -4.93. The van der Waals surface area contributed by atoms with E-state index < -0.39 is 6.98 Å². The maximum Gasteiger partial charge on any atom is 1.00 e. The monoisotopic (exact) mass is 239 g/mol. The zero-order chi connectivity index (χ0) is 10.6. The molecule has 2 nitrogen and oxygen atoms in total. The van der Waals surface area contributed by atoms with Crippen LogP contribution in [0.25, 0.3) is 6.08 Å². The van der Waals surface area contributed by atoms with E-state index in [0.29, 0.717) is 11.8 Å². The third kappa shape index (κ3) is 6.26. The number of aromatic nitrogens is 1. The molecule has 74 valence electrons. The average Bonchev–Trinajstić information content (AvgIpc) is 2.14. The number of carbonyl (C=O) groups is 1. The molecular weight excluding hydrogens is 233 g/mol. The molecule has 0 bridgehead atoms. The molecule has 1 heterocycles. The van der Waals surface area contributed by atoms with Crippen molar-refractivity contribution in [2.24, 2.45) is 0 Å². The van der Waals surface area contributed by atoms with Gasteiger partial charge in [-0.2, -0.15) is 0 Å². The number of halogens is 3. The number of hydrogen-bond acceptors (Lipinski definition) is 2. The van der Waals surface area contributed by atoms with Crippen molar-refractivity contribution in [3.63, 3.8) is 0 Å². The number of nitrogens with zero attached hydrogens (tertiary/aromatic N) is 1. The molecule has 0 unspecified atom stereocenters. The molecule has 0 aliphatic heterocycles. The maximum atomic E-state index is 11.8. The van der Waals surface area contributed by atoms with Gasteiger partial charge in [0.2, 0.25) is 0 Å². The third-order valence-electron chi connectivity index (χ3n) is 1.43. The average molecular weight is 239 g/mol. The van der Waals surface area contributed by atoms with Crippen LogP contribution >= 0.6 is 0 Å². The predicted octanol–water partition coefficient (Wildman–Crippen LogP) is -0.702. The maximum absolute atomic E-state index is 11.8. The van der Waals surface area contributed by atoms with E-state index >= 15 is 0 Å². The Morgan fingerprint density at radius 3 is 2.53 bits per heavy atom. The summed E-state index contributed by atoms with van der Waals surface area (Å²) in [5, 5.41) is 0. The summed E-state index contributed by atoms with van der Waals surface area (Å²) in [5.41, 5.74) is 0.420. The van der Waals surface area contributed by atoms with E-state index in [1.54, 1.807) is 0 Å². The second-order valence-electron chi connectivity index (χ2n) is 2.62. The molecule has 0 radical (unpaired) electrons. The fourth-order valence-electron chi connectivity index (χ4n) is 0.854. The summed E-state index contributed by atoms with van der Waals surface area (Å²) in [5.74, 6) is 0.171. The summed E-state index contributed by atoms with van der Waals surface area (Å²) in [6.07, 6.45) is 2.68. The minimum absolute atomic E-state index is 0. The zero-order valence-corrected chi connectivity index (χ0v) is 11.2. The van der Waals surface area contributed by atoms with Crippen molar-refractivity contribution in [1.82, 2.24) is 4.98 Å². The van der Waals surface area contributed by atoms with Gasteiger partial charge in [-0.1, -0.05) is 6.08 Å². The third-order valence-corrected chi connectivity index (χ3v) is 1.43. The summed E-state index contributed by atoms with van der Waals surface area (Å²) in [6.45, 7) is -4.93. The molecule has 0 saturated carbocycles. The molecule has 1 aromatic heterocycles. The van der Waals surface area contributed by atoms with Crippen LogP contribution in [0.2, 0.25) is 0 Å². The predicted molar refractivity (Wildman–Crippen MR) is 47.7 cm³/mol. The topological polar surface area (TPSA) is 30.0 Å². The number of hydrogen-bond donors (Lipinski definition) is 0. The van der Waals surface area contributed by atoms with Gasteiger partial charge in [-0.25, -0.2) is 0 Å². The molecule has 0 fully saturated rings. The molecular formula is C8H6BF3KNO. The Morgan fingerprint density at radius 2 is 2.00 bits per heavy atom. The molecule has 0 spiro atoms. The van der Waals surface area contributed by atoms with E-state index in [4.69, 9.17) is 0 Å². The zero-order valence-electron chi connectivity index (χ0n) is 8.03. The van der Waals surface area contributed by atoms with E-state index in [1.807, 2.05) is 0 Å². The van der Waals surface area contributed by atoms with Gasteiger partial charge >= 0.3 is 58.4 Å². The smallest absolute Gasteiger partial charge is 0.445 e. The fraction of sp³-hybridized carbons (Fsp3) is 0. The quantitative estimate of drug-likeness (QED) is 0.515. The standard InChI is InChI=1S/C8H6BF3NO.K/c10-9(11,12)3-1-7-2-4-13-8(5-7)6-14;/h1-6H;/q-1;+1/b3-1+;. The van der Waals surface area contributed by atoms with E-state index in [-0.39, 0.29) is 63.1 Å². The Balaban J connectivity index is 0.00000196. The second kappa shape index (κ2) is 6.59. The summed E-state index contributed by atoms with van der Waals surface area (Å²) < 4.78 is 35.4. The number of pyridine rings is 1. The Kier molecular flexibility index (Phi) is 6.62. The normalized spacial score (nSPS) is 11.1. The first kappa shape index (κ1) is 15.1. The molecule has 0 saturated heterocycles. The van der Waals surface area contributed by atoms with Gasteiger partial charge in [0.1, 0.15) is 5.69 Å². The molecule has 0 N–H and O–H groups in total. The number of aldehydes is 1. The molecule has 0 atom stereocenters. The first-order valence-corrected chi connectivity index (χ1v) is 3.82. The number of rotatable bonds is 3. The van der Waals surface area contributed by atoms with Crippen molar-refractivity contribution in [1.29, 1.82) is 0 Å². The van der Waals surface area contributed by atoms with Gasteiger partial charge in [0.25, 0.3) is 0 Å². The van der Waals surface area contributed by atoms with E-state index in [9.17, 15) is 17.7 Å². The van der Waals surface area contributed by atoms with Gasteiger partial charge < -0.3 is 12.9 Å². The van der Waals surface area contributed by atoms with Gasteiger partial charge in [0, 0.05) is 6.20 Å². The van der Waals surface area contributed by atoms with Crippen molar-refractivity contribution in [3.8, 4) is 0 Å². The molecule has 0 aromatic carbocycles. The number of carbonyl (C=O) groups excluding carboxylic acids is 1. The molecule has 1 aromatic rings. The fourth-order valence-corrected chi connectivity index (χ4v) is 0.854. The Bertz CT molecular complexity index is 367. The molecule has 0 aliphatic rings. The van der Waals surface area contributed by atoms with Crippen LogP contribution in [0.5, 0.6) is 0 Å². The molecule has 7 heteroatoms. The van der Waals surface area contributed by atoms with Crippen LogP contribution in [0, 0.1) is 0 Å². The van der Waals surface area contributed by atoms with Crippen LogP contribution in [0.15, 0.2) is 24.3 Å². The van der Waals surface area contributed by atoms with Gasteiger partial charge in [0.05, 0.1) is 0 Å². The van der Waals surface area contributed by atoms with Crippen LogP contribution < -0.4 is 51.4 Å². The van der Waals surface area contributed by atoms with Crippen molar-refractivity contribution >= 4 is 19.3 Å². The van der Waals surface area contributed by atoms with Crippen molar-refractivity contribution in [3.05, 3.63) is 35.6 Å². The van der Waals surface area contributed by atoms with Crippen LogP contribution in [-0.4, -0.2) is 18.2 Å². The van der Waals surface area contributed by atoms with Crippen molar-refractivity contribution in [2.45, 2.75) is 0 Å². The summed E-state index contributed by atoms with van der Waals surface area (Å²) in [6, 6.07) is 2.68. The van der Waals surface area contributed by atoms with Gasteiger partial charge in [-0.3, -0.25) is 9.78 Å². The van der Waals surface area contributed by atoms with Gasteiger partial charge in [-0.05, 0) is 17.7 Å². The molecule has 0 amide bonds. The minimum Gasteiger partial charge on any atom is -0.445 e. The SMILES string of the molecule is O=Cc1cc(/C=C/[B-](F)(F)F)ccn1.[K+]. The van der Waals surface area contributed by atoms with Crippen LogP contribution in [-0.2, 0) is 0 Å². The van der Waals surface area contributed by atoms with Crippen molar-refractivity contribution < 1.29 is 69.1 Å². The molecule has 0 aliphatic carbocycles. The van der Waals surface area contributed by atoms with Crippen molar-refractivity contribution in [2.75, 3.05) is 0 Å². The summed E-state index contributed by atoms with van der Waals surface area (Å²) in [4.78, 5) is 13.9. The first-order valence-electron chi connectivity index (χ1n) is 3.82. The summed E-state index contributed by atoms with van der Waals surface area (Å²) in [7, 11) is 0. The second-order valence-corrected chi connectivity index (χ2v) is 2.62. The van der Waals surface area contributed by atoms with Gasteiger partial charge in [0.15, 0.2) is 6.29 Å². The van der Waals surface area contributed by atoms with E-state index in [1.165, 1.54) is 18.3 Å². The first-order chi connectivity index (χ1) is 6.51. The van der Waals surface area contributed by atoms with Crippen LogP contribution in [0.4, 0.5) is 12.9 Å². The van der Waals surface area contributed by atoms with Gasteiger partial charge in [-0.15, -0.1) is 5.98 Å². The van der Waals surface area contributed by atoms with Crippen LogP contribution in [0.3, 0.4) is 0 Å².